The van der Waals surface area contributed by atoms with Gasteiger partial charge in [0.05, 0.1) is 23.9 Å². The molecule has 5 nitrogen and oxygen atoms in total. The fourth-order valence-corrected chi connectivity index (χ4v) is 2.53. The van der Waals surface area contributed by atoms with Gasteiger partial charge in [-0.3, -0.25) is 4.99 Å². The van der Waals surface area contributed by atoms with E-state index in [4.69, 9.17) is 4.74 Å². The van der Waals surface area contributed by atoms with Gasteiger partial charge in [0.2, 0.25) is 0 Å². The molecule has 122 valence electrons. The quantitative estimate of drug-likeness (QED) is 0.432. The van der Waals surface area contributed by atoms with Crippen LogP contribution < -0.4 is 10.6 Å². The summed E-state index contributed by atoms with van der Waals surface area (Å²) in [5.74, 6) is 0.764. The number of hydrogen-bond donors (Lipinski definition) is 2. The lowest BCUT2D eigenvalue weighted by Crippen LogP contribution is -2.43. The van der Waals surface area contributed by atoms with Crippen molar-refractivity contribution in [2.75, 3.05) is 20.8 Å². The highest BCUT2D eigenvalue weighted by molar-refractivity contribution is 14.0. The minimum absolute atomic E-state index is 0. The molecule has 0 spiro atoms. The van der Waals surface area contributed by atoms with E-state index in [-0.39, 0.29) is 35.4 Å². The Hall–Kier alpha value is -0.410. The maximum Gasteiger partial charge on any atom is 0.191 e. The van der Waals surface area contributed by atoms with Crippen LogP contribution in [-0.4, -0.2) is 37.7 Å². The molecule has 0 aliphatic heterocycles. The lowest BCUT2D eigenvalue weighted by molar-refractivity contribution is 0.179. The summed E-state index contributed by atoms with van der Waals surface area (Å²) in [7, 11) is 3.45. The van der Waals surface area contributed by atoms with Gasteiger partial charge in [-0.05, 0) is 6.92 Å². The minimum Gasteiger partial charge on any atom is -0.383 e. The SMILES string of the molecule is CN=C(NCc1csc(C(C)(C)C)n1)NC(C)COC.I. The number of aliphatic imine (C=N–C) groups is 1. The maximum atomic E-state index is 5.10. The molecule has 0 fully saturated rings. The van der Waals surface area contributed by atoms with Gasteiger partial charge in [-0.25, -0.2) is 4.98 Å². The van der Waals surface area contributed by atoms with Gasteiger partial charge in [0, 0.05) is 31.0 Å². The van der Waals surface area contributed by atoms with Gasteiger partial charge < -0.3 is 15.4 Å². The molecule has 7 heteroatoms. The van der Waals surface area contributed by atoms with Crippen LogP contribution in [0.5, 0.6) is 0 Å². The van der Waals surface area contributed by atoms with Crippen molar-refractivity contribution in [3.05, 3.63) is 16.1 Å². The Morgan fingerprint density at radius 1 is 1.48 bits per heavy atom. The minimum atomic E-state index is 0. The summed E-state index contributed by atoms with van der Waals surface area (Å²) in [6, 6.07) is 0.215. The third-order valence-electron chi connectivity index (χ3n) is 2.65. The average molecular weight is 426 g/mol. The summed E-state index contributed by atoms with van der Waals surface area (Å²) in [5, 5.41) is 9.79. The van der Waals surface area contributed by atoms with Crippen molar-refractivity contribution in [2.45, 2.75) is 45.7 Å². The van der Waals surface area contributed by atoms with Crippen molar-refractivity contribution >= 4 is 41.3 Å². The van der Waals surface area contributed by atoms with Crippen LogP contribution in [0.1, 0.15) is 38.4 Å². The van der Waals surface area contributed by atoms with Crippen LogP contribution in [0.2, 0.25) is 0 Å². The number of hydrogen-bond acceptors (Lipinski definition) is 4. The number of halogens is 1. The Morgan fingerprint density at radius 3 is 2.62 bits per heavy atom. The van der Waals surface area contributed by atoms with Gasteiger partial charge in [0.25, 0.3) is 0 Å². The molecule has 0 aliphatic rings. The molecule has 0 radical (unpaired) electrons. The van der Waals surface area contributed by atoms with Crippen molar-refractivity contribution < 1.29 is 4.74 Å². The highest BCUT2D eigenvalue weighted by Gasteiger charge is 2.17. The van der Waals surface area contributed by atoms with Crippen LogP contribution in [0.25, 0.3) is 0 Å². The predicted octanol–water partition coefficient (Wildman–Crippen LogP) is 2.76. The summed E-state index contributed by atoms with van der Waals surface area (Å²) >= 11 is 1.71. The molecule has 21 heavy (non-hydrogen) atoms. The summed E-state index contributed by atoms with van der Waals surface area (Å²) in [4.78, 5) is 8.85. The number of nitrogens with zero attached hydrogens (tertiary/aromatic N) is 2. The number of nitrogens with one attached hydrogen (secondary N) is 2. The fraction of sp³-hybridized carbons (Fsp3) is 0.714. The zero-order valence-electron chi connectivity index (χ0n) is 13.7. The number of rotatable bonds is 5. The zero-order valence-corrected chi connectivity index (χ0v) is 16.8. The standard InChI is InChI=1S/C14H26N4OS.HI/c1-10(8-19-6)17-13(15-5)16-7-11-9-20-12(18-11)14(2,3)4;/h9-10H,7-8H2,1-6H3,(H2,15,16,17);1H. The number of thiazole rings is 1. The molecule has 1 aromatic rings. The molecular weight excluding hydrogens is 399 g/mol. The highest BCUT2D eigenvalue weighted by Crippen LogP contribution is 2.25. The largest absolute Gasteiger partial charge is 0.383 e. The maximum absolute atomic E-state index is 5.10. The second kappa shape index (κ2) is 9.58. The Labute approximate surface area is 149 Å². The first-order valence-corrected chi connectivity index (χ1v) is 7.65. The highest BCUT2D eigenvalue weighted by atomic mass is 127. The lowest BCUT2D eigenvalue weighted by atomic mass is 9.98. The first-order valence-electron chi connectivity index (χ1n) is 6.77. The van der Waals surface area contributed by atoms with E-state index in [1.807, 2.05) is 0 Å². The van der Waals surface area contributed by atoms with E-state index in [2.05, 4.69) is 53.7 Å². The smallest absolute Gasteiger partial charge is 0.191 e. The Balaban J connectivity index is 0.00000400. The third kappa shape index (κ3) is 7.42. The van der Waals surface area contributed by atoms with Crippen LogP contribution in [0.15, 0.2) is 10.4 Å². The number of aromatic nitrogens is 1. The van der Waals surface area contributed by atoms with Crippen LogP contribution in [0.4, 0.5) is 0 Å². The molecule has 1 aromatic heterocycles. The first-order chi connectivity index (χ1) is 9.36. The van der Waals surface area contributed by atoms with Gasteiger partial charge in [-0.2, -0.15) is 0 Å². The molecule has 0 amide bonds. The molecule has 2 N–H and O–H groups in total. The molecule has 1 rings (SSSR count). The average Bonchev–Trinajstić information content (AvgIpc) is 2.83. The lowest BCUT2D eigenvalue weighted by Gasteiger charge is -2.16. The van der Waals surface area contributed by atoms with Crippen LogP contribution >= 0.6 is 35.3 Å². The molecule has 1 unspecified atom stereocenters. The molecule has 0 saturated heterocycles. The predicted molar refractivity (Wildman–Crippen MR) is 101 cm³/mol. The van der Waals surface area contributed by atoms with Crippen LogP contribution in [0, 0.1) is 0 Å². The van der Waals surface area contributed by atoms with Crippen LogP contribution in [0.3, 0.4) is 0 Å². The second-order valence-electron chi connectivity index (χ2n) is 5.82. The van der Waals surface area contributed by atoms with Crippen molar-refractivity contribution in [2.24, 2.45) is 4.99 Å². The van der Waals surface area contributed by atoms with E-state index in [1.165, 1.54) is 0 Å². The monoisotopic (exact) mass is 426 g/mol. The van der Waals surface area contributed by atoms with Crippen molar-refractivity contribution in [1.82, 2.24) is 15.6 Å². The topological polar surface area (TPSA) is 58.5 Å². The van der Waals surface area contributed by atoms with Gasteiger partial charge in [0.1, 0.15) is 0 Å². The van der Waals surface area contributed by atoms with E-state index < -0.39 is 0 Å². The molecule has 0 aliphatic carbocycles. The number of methoxy groups -OCH3 is 1. The molecule has 0 saturated carbocycles. The number of guanidine groups is 1. The summed E-state index contributed by atoms with van der Waals surface area (Å²) < 4.78 is 5.10. The molecule has 0 bridgehead atoms. The molecule has 1 atom stereocenters. The zero-order chi connectivity index (χ0) is 15.2. The second-order valence-corrected chi connectivity index (χ2v) is 6.68. The summed E-state index contributed by atoms with van der Waals surface area (Å²) in [5.41, 5.74) is 1.15. The normalized spacial score (nSPS) is 13.5. The van der Waals surface area contributed by atoms with Crippen molar-refractivity contribution in [1.29, 1.82) is 0 Å². The fourth-order valence-electron chi connectivity index (χ4n) is 1.63. The first kappa shape index (κ1) is 20.6. The van der Waals surface area contributed by atoms with E-state index >= 15 is 0 Å². The van der Waals surface area contributed by atoms with Gasteiger partial charge in [-0.1, -0.05) is 20.8 Å². The van der Waals surface area contributed by atoms with E-state index in [0.717, 1.165) is 16.7 Å². The van der Waals surface area contributed by atoms with Crippen molar-refractivity contribution in [3.63, 3.8) is 0 Å². The van der Waals surface area contributed by atoms with Gasteiger partial charge in [-0.15, -0.1) is 35.3 Å². The van der Waals surface area contributed by atoms with Crippen molar-refractivity contribution in [3.8, 4) is 0 Å². The Bertz CT molecular complexity index is 442. The molecule has 0 aromatic carbocycles. The van der Waals surface area contributed by atoms with E-state index in [1.54, 1.807) is 25.5 Å². The summed E-state index contributed by atoms with van der Waals surface area (Å²) in [6.07, 6.45) is 0. The molecular formula is C14H27IN4OS. The molecule has 1 heterocycles. The Morgan fingerprint density at radius 2 is 2.14 bits per heavy atom. The number of ether oxygens (including phenoxy) is 1. The third-order valence-corrected chi connectivity index (χ3v) is 3.97. The van der Waals surface area contributed by atoms with Gasteiger partial charge >= 0.3 is 0 Å². The van der Waals surface area contributed by atoms with Gasteiger partial charge in [0.15, 0.2) is 5.96 Å². The summed E-state index contributed by atoms with van der Waals surface area (Å²) in [6.45, 7) is 9.90. The van der Waals surface area contributed by atoms with E-state index in [0.29, 0.717) is 13.2 Å². The van der Waals surface area contributed by atoms with Crippen LogP contribution in [-0.2, 0) is 16.7 Å². The van der Waals surface area contributed by atoms with E-state index in [9.17, 15) is 0 Å². The Kier molecular flexibility index (Phi) is 9.39.